The van der Waals surface area contributed by atoms with Crippen LogP contribution in [0.3, 0.4) is 0 Å². The fourth-order valence-electron chi connectivity index (χ4n) is 3.20. The third kappa shape index (κ3) is 3.80. The summed E-state index contributed by atoms with van der Waals surface area (Å²) in [5.41, 5.74) is 2.98. The molecule has 2 rings (SSSR count). The van der Waals surface area contributed by atoms with Gasteiger partial charge in [0.2, 0.25) is 0 Å². The fraction of sp³-hybridized carbons (Fsp3) is 0.647. The van der Waals surface area contributed by atoms with Crippen LogP contribution in [0.25, 0.3) is 0 Å². The maximum Gasteiger partial charge on any atom is 0.0695 e. The third-order valence-electron chi connectivity index (χ3n) is 4.40. The molecule has 0 radical (unpaired) electrons. The van der Waals surface area contributed by atoms with Crippen molar-refractivity contribution in [1.82, 2.24) is 4.90 Å². The molecular formula is C17H27NO. The molecule has 0 amide bonds. The molecule has 0 aromatic heterocycles. The van der Waals surface area contributed by atoms with Gasteiger partial charge in [-0.2, -0.15) is 0 Å². The van der Waals surface area contributed by atoms with Crippen LogP contribution in [-0.4, -0.2) is 29.2 Å². The van der Waals surface area contributed by atoms with Crippen LogP contribution in [-0.2, 0) is 6.54 Å². The van der Waals surface area contributed by atoms with Crippen LogP contribution >= 0.6 is 0 Å². The second-order valence-corrected chi connectivity index (χ2v) is 6.95. The van der Waals surface area contributed by atoms with Gasteiger partial charge in [0, 0.05) is 12.6 Å². The van der Waals surface area contributed by atoms with Crippen molar-refractivity contribution in [3.8, 4) is 0 Å². The van der Waals surface area contributed by atoms with Gasteiger partial charge in [-0.05, 0) is 44.2 Å². The predicted octanol–water partition coefficient (Wildman–Crippen LogP) is 3.37. The lowest BCUT2D eigenvalue weighted by molar-refractivity contribution is -0.0101. The van der Waals surface area contributed by atoms with Crippen molar-refractivity contribution in [2.24, 2.45) is 5.41 Å². The number of hydrogen-bond donors (Lipinski definition) is 1. The molecule has 0 heterocycles. The first kappa shape index (κ1) is 14.5. The number of aryl methyl sites for hydroxylation is 1. The zero-order chi connectivity index (χ0) is 14.0. The molecule has 1 fully saturated rings. The summed E-state index contributed by atoms with van der Waals surface area (Å²) in [7, 11) is 2.14. The lowest BCUT2D eigenvalue weighted by Gasteiger charge is -2.42. The number of rotatable bonds is 3. The molecule has 1 saturated carbocycles. The summed E-state index contributed by atoms with van der Waals surface area (Å²) < 4.78 is 0. The van der Waals surface area contributed by atoms with E-state index in [1.807, 2.05) is 0 Å². The van der Waals surface area contributed by atoms with Crippen molar-refractivity contribution < 1.29 is 5.11 Å². The minimum atomic E-state index is -0.178. The molecule has 2 heteroatoms. The number of aliphatic hydroxyl groups excluding tert-OH is 1. The molecule has 1 aromatic rings. The van der Waals surface area contributed by atoms with E-state index in [1.54, 1.807) is 0 Å². The van der Waals surface area contributed by atoms with E-state index in [4.69, 9.17) is 0 Å². The van der Waals surface area contributed by atoms with Gasteiger partial charge in [-0.25, -0.2) is 0 Å². The fourth-order valence-corrected chi connectivity index (χ4v) is 3.20. The molecule has 2 atom stereocenters. The van der Waals surface area contributed by atoms with Crippen molar-refractivity contribution in [1.29, 1.82) is 0 Å². The van der Waals surface area contributed by atoms with Crippen LogP contribution in [0.15, 0.2) is 24.3 Å². The van der Waals surface area contributed by atoms with Crippen LogP contribution in [0.2, 0.25) is 0 Å². The average Bonchev–Trinajstić information content (AvgIpc) is 2.32. The quantitative estimate of drug-likeness (QED) is 0.902. The zero-order valence-electron chi connectivity index (χ0n) is 12.7. The van der Waals surface area contributed by atoms with E-state index >= 15 is 0 Å². The maximum absolute atomic E-state index is 10.3. The van der Waals surface area contributed by atoms with Crippen molar-refractivity contribution in [3.63, 3.8) is 0 Å². The second-order valence-electron chi connectivity index (χ2n) is 6.95. The highest BCUT2D eigenvalue weighted by Gasteiger charge is 2.35. The zero-order valence-corrected chi connectivity index (χ0v) is 12.7. The SMILES string of the molecule is Cc1cccc(CN(C)C2CC(C)(C)CCC2O)c1. The highest BCUT2D eigenvalue weighted by molar-refractivity contribution is 5.22. The van der Waals surface area contributed by atoms with Crippen LogP contribution in [0.5, 0.6) is 0 Å². The van der Waals surface area contributed by atoms with Gasteiger partial charge in [0.15, 0.2) is 0 Å². The molecular weight excluding hydrogens is 234 g/mol. The Morgan fingerprint density at radius 3 is 2.79 bits per heavy atom. The summed E-state index contributed by atoms with van der Waals surface area (Å²) in [6.07, 6.45) is 2.96. The normalized spacial score (nSPS) is 26.6. The molecule has 0 aliphatic heterocycles. The number of hydrogen-bond acceptors (Lipinski definition) is 2. The highest BCUT2D eigenvalue weighted by atomic mass is 16.3. The standard InChI is InChI=1S/C17H27NO/c1-13-6-5-7-14(10-13)12-18(4)15-11-17(2,3)9-8-16(15)19/h5-7,10,15-16,19H,8-9,11-12H2,1-4H3. The summed E-state index contributed by atoms with van der Waals surface area (Å²) in [4.78, 5) is 2.32. The second kappa shape index (κ2) is 5.64. The number of aliphatic hydroxyl groups is 1. The molecule has 2 nitrogen and oxygen atoms in total. The first-order chi connectivity index (χ1) is 8.87. The van der Waals surface area contributed by atoms with Gasteiger partial charge in [-0.15, -0.1) is 0 Å². The Bertz CT molecular complexity index is 427. The Kier molecular flexibility index (Phi) is 4.32. The van der Waals surface area contributed by atoms with Crippen LogP contribution in [0, 0.1) is 12.3 Å². The van der Waals surface area contributed by atoms with Crippen molar-refractivity contribution >= 4 is 0 Å². The van der Waals surface area contributed by atoms with E-state index in [-0.39, 0.29) is 12.1 Å². The lowest BCUT2D eigenvalue weighted by Crippen LogP contribution is -2.47. The number of likely N-dealkylation sites (N-methyl/N-ethyl adjacent to an activating group) is 1. The summed E-state index contributed by atoms with van der Waals surface area (Å²) in [6, 6.07) is 8.92. The van der Waals surface area contributed by atoms with E-state index in [0.29, 0.717) is 5.41 Å². The van der Waals surface area contributed by atoms with Gasteiger partial charge in [0.05, 0.1) is 6.10 Å². The summed E-state index contributed by atoms with van der Waals surface area (Å²) in [5.74, 6) is 0. The van der Waals surface area contributed by atoms with Crippen molar-refractivity contribution in [2.75, 3.05) is 7.05 Å². The monoisotopic (exact) mass is 261 g/mol. The molecule has 0 saturated heterocycles. The van der Waals surface area contributed by atoms with E-state index in [9.17, 15) is 5.11 Å². The van der Waals surface area contributed by atoms with Crippen molar-refractivity contribution in [2.45, 2.75) is 58.7 Å². The Morgan fingerprint density at radius 1 is 1.37 bits per heavy atom. The molecule has 19 heavy (non-hydrogen) atoms. The Balaban J connectivity index is 2.04. The molecule has 2 unspecified atom stereocenters. The minimum absolute atomic E-state index is 0.178. The average molecular weight is 261 g/mol. The Morgan fingerprint density at radius 2 is 2.11 bits per heavy atom. The van der Waals surface area contributed by atoms with E-state index in [0.717, 1.165) is 25.8 Å². The lowest BCUT2D eigenvalue weighted by atomic mass is 9.73. The Hall–Kier alpha value is -0.860. The number of nitrogens with zero attached hydrogens (tertiary/aromatic N) is 1. The third-order valence-corrected chi connectivity index (χ3v) is 4.40. The van der Waals surface area contributed by atoms with Gasteiger partial charge >= 0.3 is 0 Å². The van der Waals surface area contributed by atoms with Crippen molar-refractivity contribution in [3.05, 3.63) is 35.4 Å². The Labute approximate surface area is 117 Å². The van der Waals surface area contributed by atoms with Crippen LogP contribution in [0.4, 0.5) is 0 Å². The highest BCUT2D eigenvalue weighted by Crippen LogP contribution is 2.37. The summed E-state index contributed by atoms with van der Waals surface area (Å²) in [5, 5.41) is 10.3. The molecule has 106 valence electrons. The van der Waals surface area contributed by atoms with Gasteiger partial charge in [0.1, 0.15) is 0 Å². The first-order valence-electron chi connectivity index (χ1n) is 7.31. The molecule has 1 aliphatic rings. The first-order valence-corrected chi connectivity index (χ1v) is 7.31. The van der Waals surface area contributed by atoms with Gasteiger partial charge in [0.25, 0.3) is 0 Å². The minimum Gasteiger partial charge on any atom is -0.391 e. The molecule has 1 aliphatic carbocycles. The van der Waals surface area contributed by atoms with E-state index in [1.165, 1.54) is 11.1 Å². The largest absolute Gasteiger partial charge is 0.391 e. The van der Waals surface area contributed by atoms with Crippen LogP contribution < -0.4 is 0 Å². The number of benzene rings is 1. The van der Waals surface area contributed by atoms with Gasteiger partial charge in [-0.1, -0.05) is 43.7 Å². The van der Waals surface area contributed by atoms with E-state index in [2.05, 4.69) is 57.0 Å². The molecule has 1 N–H and O–H groups in total. The molecule has 0 spiro atoms. The molecule has 1 aromatic carbocycles. The summed E-state index contributed by atoms with van der Waals surface area (Å²) >= 11 is 0. The van der Waals surface area contributed by atoms with E-state index < -0.39 is 0 Å². The van der Waals surface area contributed by atoms with Crippen LogP contribution in [0.1, 0.15) is 44.2 Å². The topological polar surface area (TPSA) is 23.5 Å². The van der Waals surface area contributed by atoms with Gasteiger partial charge < -0.3 is 5.11 Å². The smallest absolute Gasteiger partial charge is 0.0695 e. The predicted molar refractivity (Wildman–Crippen MR) is 80.1 cm³/mol. The molecule has 0 bridgehead atoms. The van der Waals surface area contributed by atoms with Gasteiger partial charge in [-0.3, -0.25) is 4.90 Å². The maximum atomic E-state index is 10.3. The summed E-state index contributed by atoms with van der Waals surface area (Å²) in [6.45, 7) is 7.67.